The van der Waals surface area contributed by atoms with Gasteiger partial charge in [-0.1, -0.05) is 35.0 Å². The molecule has 1 atom stereocenters. The highest BCUT2D eigenvalue weighted by Gasteiger charge is 2.17. The highest BCUT2D eigenvalue weighted by molar-refractivity contribution is 9.10. The maximum Gasteiger partial charge on any atom is 0.120 e. The summed E-state index contributed by atoms with van der Waals surface area (Å²) in [6, 6.07) is 7.82. The van der Waals surface area contributed by atoms with Gasteiger partial charge in [-0.3, -0.25) is 0 Å². The minimum absolute atomic E-state index is 0.0357. The van der Waals surface area contributed by atoms with Crippen molar-refractivity contribution in [2.45, 2.75) is 13.3 Å². The van der Waals surface area contributed by atoms with Gasteiger partial charge >= 0.3 is 0 Å². The van der Waals surface area contributed by atoms with Crippen molar-refractivity contribution in [3.8, 4) is 5.75 Å². The lowest BCUT2D eigenvalue weighted by atomic mass is 9.88. The van der Waals surface area contributed by atoms with Gasteiger partial charge < -0.3 is 10.5 Å². The van der Waals surface area contributed by atoms with Crippen LogP contribution in [0.2, 0.25) is 0 Å². The first-order valence-electron chi connectivity index (χ1n) is 5.32. The second-order valence-corrected chi connectivity index (χ2v) is 5.03. The fourth-order valence-electron chi connectivity index (χ4n) is 1.25. The van der Waals surface area contributed by atoms with Crippen LogP contribution in [-0.2, 0) is 0 Å². The summed E-state index contributed by atoms with van der Waals surface area (Å²) in [7, 11) is 0. The quantitative estimate of drug-likeness (QED) is 0.813. The van der Waals surface area contributed by atoms with Crippen molar-refractivity contribution in [1.29, 1.82) is 0 Å². The van der Waals surface area contributed by atoms with Crippen LogP contribution in [0.4, 0.5) is 0 Å². The predicted molar refractivity (Wildman–Crippen MR) is 71.6 cm³/mol. The monoisotopic (exact) mass is 283 g/mol. The summed E-state index contributed by atoms with van der Waals surface area (Å²) in [5, 5.41) is 0. The van der Waals surface area contributed by atoms with E-state index < -0.39 is 0 Å². The van der Waals surface area contributed by atoms with Crippen LogP contribution in [0.3, 0.4) is 0 Å². The number of nitrogens with two attached hydrogens (primary N) is 1. The third kappa shape index (κ3) is 3.99. The smallest absolute Gasteiger partial charge is 0.120 e. The van der Waals surface area contributed by atoms with Crippen LogP contribution in [-0.4, -0.2) is 13.2 Å². The Hall–Kier alpha value is -0.800. The zero-order chi connectivity index (χ0) is 12.0. The lowest BCUT2D eigenvalue weighted by Gasteiger charge is -2.23. The standard InChI is InChI=1S/C13H18BrNO/c1-3-13(2,10-15)7-8-16-12-6-4-5-11(14)9-12/h3-6,9H,1,7-8,10,15H2,2H3. The average Bonchev–Trinajstić information content (AvgIpc) is 2.29. The lowest BCUT2D eigenvalue weighted by molar-refractivity contribution is 0.253. The Morgan fingerprint density at radius 1 is 1.56 bits per heavy atom. The van der Waals surface area contributed by atoms with E-state index in [0.29, 0.717) is 13.2 Å². The van der Waals surface area contributed by atoms with Crippen LogP contribution in [0.5, 0.6) is 5.75 Å². The summed E-state index contributed by atoms with van der Waals surface area (Å²) in [5.74, 6) is 0.873. The Morgan fingerprint density at radius 3 is 2.88 bits per heavy atom. The molecule has 0 fully saturated rings. The molecule has 0 amide bonds. The van der Waals surface area contributed by atoms with Gasteiger partial charge in [0.05, 0.1) is 6.61 Å². The van der Waals surface area contributed by atoms with Crippen molar-refractivity contribution >= 4 is 15.9 Å². The van der Waals surface area contributed by atoms with E-state index in [0.717, 1.165) is 16.6 Å². The normalized spacial score (nSPS) is 14.2. The zero-order valence-corrected chi connectivity index (χ0v) is 11.2. The topological polar surface area (TPSA) is 35.2 Å². The van der Waals surface area contributed by atoms with Gasteiger partial charge in [-0.2, -0.15) is 0 Å². The Labute approximate surface area is 106 Å². The van der Waals surface area contributed by atoms with Crippen LogP contribution in [0.15, 0.2) is 41.4 Å². The SMILES string of the molecule is C=CC(C)(CN)CCOc1cccc(Br)c1. The van der Waals surface area contributed by atoms with Crippen molar-refractivity contribution in [2.24, 2.45) is 11.1 Å². The molecule has 0 bridgehead atoms. The first-order chi connectivity index (χ1) is 7.59. The summed E-state index contributed by atoms with van der Waals surface area (Å²) in [6.45, 7) is 7.13. The summed E-state index contributed by atoms with van der Waals surface area (Å²) >= 11 is 3.40. The molecule has 2 N–H and O–H groups in total. The molecule has 3 heteroatoms. The third-order valence-electron chi connectivity index (χ3n) is 2.70. The van der Waals surface area contributed by atoms with E-state index in [1.807, 2.05) is 30.3 Å². The van der Waals surface area contributed by atoms with Gasteiger partial charge in [0.25, 0.3) is 0 Å². The molecule has 0 aliphatic rings. The molecular formula is C13H18BrNO. The Balaban J connectivity index is 2.44. The molecule has 1 unspecified atom stereocenters. The third-order valence-corrected chi connectivity index (χ3v) is 3.19. The molecule has 0 aromatic heterocycles. The minimum Gasteiger partial charge on any atom is -0.494 e. The molecule has 0 heterocycles. The summed E-state index contributed by atoms with van der Waals surface area (Å²) < 4.78 is 6.68. The molecule has 88 valence electrons. The number of hydrogen-bond acceptors (Lipinski definition) is 2. The Bertz CT molecular complexity index is 354. The van der Waals surface area contributed by atoms with Crippen LogP contribution >= 0.6 is 15.9 Å². The molecule has 2 nitrogen and oxygen atoms in total. The number of benzene rings is 1. The van der Waals surface area contributed by atoms with Crippen molar-refractivity contribution in [1.82, 2.24) is 0 Å². The Kier molecular flexibility index (Phi) is 5.03. The van der Waals surface area contributed by atoms with Gasteiger partial charge in [0.15, 0.2) is 0 Å². The van der Waals surface area contributed by atoms with Crippen molar-refractivity contribution in [3.63, 3.8) is 0 Å². The number of halogens is 1. The van der Waals surface area contributed by atoms with Crippen LogP contribution in [0.25, 0.3) is 0 Å². The van der Waals surface area contributed by atoms with E-state index in [-0.39, 0.29) is 5.41 Å². The van der Waals surface area contributed by atoms with E-state index in [1.165, 1.54) is 0 Å². The van der Waals surface area contributed by atoms with Gasteiger partial charge in [-0.25, -0.2) is 0 Å². The second-order valence-electron chi connectivity index (χ2n) is 4.12. The molecule has 0 aliphatic carbocycles. The van der Waals surface area contributed by atoms with E-state index in [9.17, 15) is 0 Å². The Morgan fingerprint density at radius 2 is 2.31 bits per heavy atom. The minimum atomic E-state index is -0.0357. The van der Waals surface area contributed by atoms with Gasteiger partial charge in [0, 0.05) is 16.4 Å². The number of rotatable bonds is 6. The molecule has 0 aliphatic heterocycles. The number of ether oxygens (including phenoxy) is 1. The average molecular weight is 284 g/mol. The van der Waals surface area contributed by atoms with Crippen LogP contribution in [0, 0.1) is 5.41 Å². The highest BCUT2D eigenvalue weighted by Crippen LogP contribution is 2.22. The first kappa shape index (κ1) is 13.3. The lowest BCUT2D eigenvalue weighted by Crippen LogP contribution is -2.26. The van der Waals surface area contributed by atoms with Gasteiger partial charge in [0.1, 0.15) is 5.75 Å². The van der Waals surface area contributed by atoms with Crippen molar-refractivity contribution in [2.75, 3.05) is 13.2 Å². The fourth-order valence-corrected chi connectivity index (χ4v) is 1.62. The maximum atomic E-state index is 5.69. The molecule has 0 saturated carbocycles. The molecule has 0 radical (unpaired) electrons. The summed E-state index contributed by atoms with van der Waals surface area (Å²) in [5.41, 5.74) is 5.65. The predicted octanol–water partition coefficient (Wildman–Crippen LogP) is 3.37. The fraction of sp³-hybridized carbons (Fsp3) is 0.385. The van der Waals surface area contributed by atoms with Crippen LogP contribution in [0.1, 0.15) is 13.3 Å². The summed E-state index contributed by atoms with van der Waals surface area (Å²) in [6.07, 6.45) is 2.77. The first-order valence-corrected chi connectivity index (χ1v) is 6.11. The van der Waals surface area contributed by atoms with Gasteiger partial charge in [-0.05, 0) is 24.6 Å². The molecule has 16 heavy (non-hydrogen) atoms. The summed E-state index contributed by atoms with van der Waals surface area (Å²) in [4.78, 5) is 0. The number of hydrogen-bond donors (Lipinski definition) is 1. The zero-order valence-electron chi connectivity index (χ0n) is 9.58. The molecule has 1 aromatic carbocycles. The molecule has 1 aromatic rings. The molecule has 0 saturated heterocycles. The van der Waals surface area contributed by atoms with Crippen LogP contribution < -0.4 is 10.5 Å². The van der Waals surface area contributed by atoms with Gasteiger partial charge in [0.2, 0.25) is 0 Å². The molecular weight excluding hydrogens is 266 g/mol. The van der Waals surface area contributed by atoms with E-state index >= 15 is 0 Å². The molecule has 1 rings (SSSR count). The second kappa shape index (κ2) is 6.06. The molecule has 0 spiro atoms. The largest absolute Gasteiger partial charge is 0.494 e. The highest BCUT2D eigenvalue weighted by atomic mass is 79.9. The van der Waals surface area contributed by atoms with E-state index in [4.69, 9.17) is 10.5 Å². The van der Waals surface area contributed by atoms with Gasteiger partial charge in [-0.15, -0.1) is 6.58 Å². The maximum absolute atomic E-state index is 5.69. The van der Waals surface area contributed by atoms with Crippen molar-refractivity contribution < 1.29 is 4.74 Å². The van der Waals surface area contributed by atoms with Crippen molar-refractivity contribution in [3.05, 3.63) is 41.4 Å². The van der Waals surface area contributed by atoms with E-state index in [2.05, 4.69) is 29.4 Å². The van der Waals surface area contributed by atoms with E-state index in [1.54, 1.807) is 0 Å².